The molecule has 0 radical (unpaired) electrons. The van der Waals surface area contributed by atoms with Crippen LogP contribution in [0.4, 0.5) is 0 Å². The van der Waals surface area contributed by atoms with Gasteiger partial charge in [0.15, 0.2) is 5.78 Å². The molecule has 5 nitrogen and oxygen atoms in total. The van der Waals surface area contributed by atoms with E-state index < -0.39 is 11.9 Å². The highest BCUT2D eigenvalue weighted by Gasteiger charge is 2.35. The molecular formula is C12H13NO4. The van der Waals surface area contributed by atoms with Crippen molar-refractivity contribution in [2.24, 2.45) is 0 Å². The number of pyridine rings is 1. The molecule has 1 aliphatic carbocycles. The van der Waals surface area contributed by atoms with Gasteiger partial charge in [0.2, 0.25) is 5.88 Å². The fourth-order valence-electron chi connectivity index (χ4n) is 2.00. The van der Waals surface area contributed by atoms with E-state index in [0.717, 1.165) is 5.69 Å². The minimum absolute atomic E-state index is 0.115. The molecule has 0 aliphatic heterocycles. The molecule has 0 N–H and O–H groups in total. The maximum atomic E-state index is 11.8. The second kappa shape index (κ2) is 4.53. The van der Waals surface area contributed by atoms with Gasteiger partial charge in [-0.2, -0.15) is 0 Å². The molecule has 0 unspecified atom stereocenters. The van der Waals surface area contributed by atoms with Crippen LogP contribution in [0.15, 0.2) is 12.1 Å². The molecule has 1 atom stereocenters. The number of carbonyl (C=O) groups excluding carboxylic acids is 2. The van der Waals surface area contributed by atoms with E-state index in [1.807, 2.05) is 0 Å². The molecule has 0 spiro atoms. The van der Waals surface area contributed by atoms with Gasteiger partial charge in [0.25, 0.3) is 0 Å². The number of nitrogens with zero attached hydrogens (tertiary/aromatic N) is 1. The van der Waals surface area contributed by atoms with Crippen molar-refractivity contribution in [2.75, 3.05) is 14.2 Å². The molecule has 1 aromatic heterocycles. The van der Waals surface area contributed by atoms with Crippen LogP contribution in [0.3, 0.4) is 0 Å². The van der Waals surface area contributed by atoms with E-state index in [1.54, 1.807) is 12.1 Å². The number of rotatable bonds is 2. The van der Waals surface area contributed by atoms with Crippen molar-refractivity contribution in [3.63, 3.8) is 0 Å². The van der Waals surface area contributed by atoms with E-state index in [1.165, 1.54) is 14.2 Å². The molecule has 1 heterocycles. The molecule has 0 bridgehead atoms. The predicted octanol–water partition coefficient (Wildman–Crippen LogP) is 0.862. The van der Waals surface area contributed by atoms with E-state index in [4.69, 9.17) is 4.74 Å². The third-order valence-corrected chi connectivity index (χ3v) is 2.87. The number of hydrogen-bond acceptors (Lipinski definition) is 5. The van der Waals surface area contributed by atoms with Crippen molar-refractivity contribution in [1.82, 2.24) is 4.98 Å². The molecule has 0 aromatic carbocycles. The van der Waals surface area contributed by atoms with Gasteiger partial charge in [-0.15, -0.1) is 0 Å². The van der Waals surface area contributed by atoms with Gasteiger partial charge in [-0.1, -0.05) is 6.07 Å². The van der Waals surface area contributed by atoms with Crippen LogP contribution in [0.1, 0.15) is 23.6 Å². The Balaban J connectivity index is 2.45. The van der Waals surface area contributed by atoms with Gasteiger partial charge in [-0.25, -0.2) is 4.98 Å². The Bertz CT molecular complexity index is 470. The van der Waals surface area contributed by atoms with Gasteiger partial charge in [0.1, 0.15) is 5.92 Å². The lowest BCUT2D eigenvalue weighted by atomic mass is 9.84. The first-order chi connectivity index (χ1) is 8.17. The van der Waals surface area contributed by atoms with Crippen LogP contribution in [0.2, 0.25) is 0 Å². The summed E-state index contributed by atoms with van der Waals surface area (Å²) in [6.07, 6.45) is 0.853. The van der Waals surface area contributed by atoms with Gasteiger partial charge in [0, 0.05) is 18.2 Å². The van der Waals surface area contributed by atoms with Gasteiger partial charge >= 0.3 is 5.97 Å². The number of fused-ring (bicyclic) bond motifs is 1. The monoisotopic (exact) mass is 235 g/mol. The lowest BCUT2D eigenvalue weighted by Gasteiger charge is -2.21. The maximum Gasteiger partial charge on any atom is 0.320 e. The molecular weight excluding hydrogens is 222 g/mol. The lowest BCUT2D eigenvalue weighted by Crippen LogP contribution is -2.28. The summed E-state index contributed by atoms with van der Waals surface area (Å²) in [7, 11) is 2.81. The van der Waals surface area contributed by atoms with Crippen molar-refractivity contribution in [3.8, 4) is 5.88 Å². The van der Waals surface area contributed by atoms with Crippen LogP contribution >= 0.6 is 0 Å². The summed E-state index contributed by atoms with van der Waals surface area (Å²) in [5, 5.41) is 0. The summed E-state index contributed by atoms with van der Waals surface area (Å²) in [6.45, 7) is 0. The Morgan fingerprint density at radius 3 is 2.76 bits per heavy atom. The van der Waals surface area contributed by atoms with Crippen molar-refractivity contribution >= 4 is 11.8 Å². The van der Waals surface area contributed by atoms with Gasteiger partial charge < -0.3 is 9.47 Å². The number of aromatic nitrogens is 1. The summed E-state index contributed by atoms with van der Waals surface area (Å²) in [6, 6.07) is 3.35. The third-order valence-electron chi connectivity index (χ3n) is 2.87. The normalized spacial score (nSPS) is 18.5. The predicted molar refractivity (Wildman–Crippen MR) is 58.9 cm³/mol. The SMILES string of the molecule is COC(=O)[C@H]1C(=O)CCc2nc(OC)ccc21. The summed E-state index contributed by atoms with van der Waals surface area (Å²) < 4.78 is 9.67. The molecule has 0 saturated carbocycles. The zero-order chi connectivity index (χ0) is 12.4. The number of methoxy groups -OCH3 is 2. The standard InChI is InChI=1S/C12H13NO4/c1-16-10-6-3-7-8(13-10)4-5-9(14)11(7)12(15)17-2/h3,6,11H,4-5H2,1-2H3/t11-/m1/s1. The third kappa shape index (κ3) is 2.00. The fraction of sp³-hybridized carbons (Fsp3) is 0.417. The van der Waals surface area contributed by atoms with E-state index in [2.05, 4.69) is 9.72 Å². The summed E-state index contributed by atoms with van der Waals surface area (Å²) in [5.74, 6) is -0.983. The van der Waals surface area contributed by atoms with Crippen LogP contribution in [0.5, 0.6) is 5.88 Å². The minimum Gasteiger partial charge on any atom is -0.481 e. The van der Waals surface area contributed by atoms with E-state index in [-0.39, 0.29) is 5.78 Å². The number of ketones is 1. The summed E-state index contributed by atoms with van der Waals surface area (Å²) >= 11 is 0. The first-order valence-electron chi connectivity index (χ1n) is 5.31. The van der Waals surface area contributed by atoms with Crippen LogP contribution in [-0.4, -0.2) is 31.0 Å². The van der Waals surface area contributed by atoms with E-state index in [0.29, 0.717) is 24.3 Å². The maximum absolute atomic E-state index is 11.8. The van der Waals surface area contributed by atoms with E-state index >= 15 is 0 Å². The molecule has 5 heteroatoms. The summed E-state index contributed by atoms with van der Waals surface area (Å²) in [5.41, 5.74) is 1.37. The fourth-order valence-corrected chi connectivity index (χ4v) is 2.00. The highest BCUT2D eigenvalue weighted by atomic mass is 16.5. The number of ether oxygens (including phenoxy) is 2. The van der Waals surface area contributed by atoms with Crippen LogP contribution < -0.4 is 4.74 Å². The van der Waals surface area contributed by atoms with Crippen LogP contribution in [-0.2, 0) is 20.7 Å². The summed E-state index contributed by atoms with van der Waals surface area (Å²) in [4.78, 5) is 27.6. The highest BCUT2D eigenvalue weighted by Crippen LogP contribution is 2.30. The van der Waals surface area contributed by atoms with Crippen LogP contribution in [0, 0.1) is 0 Å². The lowest BCUT2D eigenvalue weighted by molar-refractivity contribution is -0.146. The first kappa shape index (κ1) is 11.6. The minimum atomic E-state index is -0.831. The molecule has 1 aliphatic rings. The van der Waals surface area contributed by atoms with Crippen molar-refractivity contribution in [2.45, 2.75) is 18.8 Å². The number of aryl methyl sites for hydroxylation is 1. The van der Waals surface area contributed by atoms with E-state index in [9.17, 15) is 9.59 Å². The van der Waals surface area contributed by atoms with Crippen LogP contribution in [0.25, 0.3) is 0 Å². The number of hydrogen-bond donors (Lipinski definition) is 0. The Labute approximate surface area is 98.7 Å². The quantitative estimate of drug-likeness (QED) is 0.562. The molecule has 0 amide bonds. The topological polar surface area (TPSA) is 65.5 Å². The second-order valence-electron chi connectivity index (χ2n) is 3.81. The molecule has 1 aromatic rings. The zero-order valence-corrected chi connectivity index (χ0v) is 9.73. The van der Waals surface area contributed by atoms with Crippen molar-refractivity contribution in [1.29, 1.82) is 0 Å². The molecule has 0 saturated heterocycles. The smallest absolute Gasteiger partial charge is 0.320 e. The molecule has 2 rings (SSSR count). The first-order valence-corrected chi connectivity index (χ1v) is 5.31. The number of Topliss-reactive ketones (excluding diaryl/α,β-unsaturated/α-hetero) is 1. The average molecular weight is 235 g/mol. The van der Waals surface area contributed by atoms with Crippen molar-refractivity contribution in [3.05, 3.63) is 23.4 Å². The average Bonchev–Trinajstić information content (AvgIpc) is 2.37. The molecule has 90 valence electrons. The molecule has 17 heavy (non-hydrogen) atoms. The van der Waals surface area contributed by atoms with Crippen molar-refractivity contribution < 1.29 is 19.1 Å². The Morgan fingerprint density at radius 1 is 1.35 bits per heavy atom. The molecule has 0 fully saturated rings. The zero-order valence-electron chi connectivity index (χ0n) is 9.73. The van der Waals surface area contributed by atoms with Gasteiger partial charge in [-0.3, -0.25) is 9.59 Å². The highest BCUT2D eigenvalue weighted by molar-refractivity contribution is 6.05. The Hall–Kier alpha value is -1.91. The van der Waals surface area contributed by atoms with Gasteiger partial charge in [0.05, 0.1) is 14.2 Å². The van der Waals surface area contributed by atoms with Gasteiger partial charge in [-0.05, 0) is 12.0 Å². The number of carbonyl (C=O) groups is 2. The Kier molecular flexibility index (Phi) is 3.08. The largest absolute Gasteiger partial charge is 0.481 e. The second-order valence-corrected chi connectivity index (χ2v) is 3.81. The Morgan fingerprint density at radius 2 is 2.12 bits per heavy atom. The number of esters is 1.